The molecule has 3 unspecified atom stereocenters. The van der Waals surface area contributed by atoms with E-state index < -0.39 is 5.60 Å². The van der Waals surface area contributed by atoms with E-state index in [4.69, 9.17) is 0 Å². The summed E-state index contributed by atoms with van der Waals surface area (Å²) in [5, 5.41) is 15.4. The summed E-state index contributed by atoms with van der Waals surface area (Å²) in [6, 6.07) is 20.1. The van der Waals surface area contributed by atoms with Crippen molar-refractivity contribution in [2.24, 2.45) is 11.8 Å². The van der Waals surface area contributed by atoms with Crippen molar-refractivity contribution in [3.8, 4) is 0 Å². The summed E-state index contributed by atoms with van der Waals surface area (Å²) in [6.45, 7) is 1.91. The molecule has 160 valence electrons. The van der Waals surface area contributed by atoms with Gasteiger partial charge >= 0.3 is 0 Å². The molecule has 2 fully saturated rings. The Hall–Kier alpha value is -2.17. The van der Waals surface area contributed by atoms with E-state index in [1.165, 1.54) is 5.56 Å². The number of benzene rings is 2. The Balaban J connectivity index is 1.66. The number of hydrogen-bond donors (Lipinski definition) is 2. The molecule has 2 aromatic rings. The van der Waals surface area contributed by atoms with Crippen LogP contribution in [0.3, 0.4) is 0 Å². The van der Waals surface area contributed by atoms with E-state index >= 15 is 0 Å². The third kappa shape index (κ3) is 4.17. The minimum atomic E-state index is -1.45. The molecule has 4 heteroatoms. The maximum Gasteiger partial charge on any atom is 0.259 e. The lowest BCUT2D eigenvalue weighted by Crippen LogP contribution is -2.55. The maximum absolute atomic E-state index is 14.0. The van der Waals surface area contributed by atoms with E-state index in [2.05, 4.69) is 29.6 Å². The third-order valence-electron chi connectivity index (χ3n) is 7.23. The van der Waals surface area contributed by atoms with Crippen LogP contribution in [0.4, 0.5) is 0 Å². The molecule has 30 heavy (non-hydrogen) atoms. The predicted molar refractivity (Wildman–Crippen MR) is 120 cm³/mol. The molecule has 1 saturated carbocycles. The van der Waals surface area contributed by atoms with Crippen LogP contribution >= 0.6 is 0 Å². The van der Waals surface area contributed by atoms with Gasteiger partial charge in [-0.05, 0) is 55.8 Å². The first kappa shape index (κ1) is 21.1. The van der Waals surface area contributed by atoms with Gasteiger partial charge in [-0.2, -0.15) is 0 Å². The Morgan fingerprint density at radius 3 is 2.30 bits per heavy atom. The number of likely N-dealkylation sites (N-methyl/N-ethyl adjacent to an activating group) is 1. The van der Waals surface area contributed by atoms with Crippen molar-refractivity contribution in [3.05, 3.63) is 71.8 Å². The zero-order chi connectivity index (χ0) is 21.0. The number of rotatable bonds is 7. The van der Waals surface area contributed by atoms with E-state index in [0.717, 1.165) is 57.2 Å². The highest BCUT2D eigenvalue weighted by Gasteiger charge is 2.49. The van der Waals surface area contributed by atoms with Crippen LogP contribution in [0.2, 0.25) is 0 Å². The lowest BCUT2D eigenvalue weighted by atomic mass is 9.78. The van der Waals surface area contributed by atoms with Crippen LogP contribution in [0.25, 0.3) is 0 Å². The number of carbonyl (C=O) groups excluding carboxylic acids is 1. The fraction of sp³-hybridized carbons (Fsp3) is 0.500. The average molecular weight is 407 g/mol. The number of amides is 1. The summed E-state index contributed by atoms with van der Waals surface area (Å²) in [7, 11) is 1.90. The van der Waals surface area contributed by atoms with Crippen molar-refractivity contribution < 1.29 is 9.90 Å². The normalized spacial score (nSPS) is 22.5. The van der Waals surface area contributed by atoms with Gasteiger partial charge < -0.3 is 15.3 Å². The lowest BCUT2D eigenvalue weighted by Gasteiger charge is -2.41. The molecule has 2 N–H and O–H groups in total. The Bertz CT molecular complexity index is 813. The van der Waals surface area contributed by atoms with E-state index in [1.54, 1.807) is 0 Å². The highest BCUT2D eigenvalue weighted by atomic mass is 16.3. The average Bonchev–Trinajstić information content (AvgIpc) is 3.52. The standard InChI is InChI=1S/C26H34N2O2/c1-28(24(21-16-17-27-19-21)18-20-10-4-2-5-11-20)25(29)26(30,23-14-8-9-15-23)22-12-6-3-7-13-22/h2-7,10-13,21,23-24,27,30H,8-9,14-19H2,1H3. The molecule has 4 nitrogen and oxygen atoms in total. The molecule has 3 atom stereocenters. The Morgan fingerprint density at radius 1 is 1.07 bits per heavy atom. The second-order valence-corrected chi connectivity index (χ2v) is 9.04. The Morgan fingerprint density at radius 2 is 1.70 bits per heavy atom. The first-order chi connectivity index (χ1) is 14.6. The van der Waals surface area contributed by atoms with Gasteiger partial charge in [0.1, 0.15) is 0 Å². The number of nitrogens with one attached hydrogen (secondary N) is 1. The summed E-state index contributed by atoms with van der Waals surface area (Å²) >= 11 is 0. The predicted octanol–water partition coefficient (Wildman–Crippen LogP) is 3.74. The maximum atomic E-state index is 14.0. The number of aliphatic hydroxyl groups is 1. The highest BCUT2D eigenvalue weighted by Crippen LogP contribution is 2.42. The van der Waals surface area contributed by atoms with Gasteiger partial charge in [-0.3, -0.25) is 4.79 Å². The zero-order valence-electron chi connectivity index (χ0n) is 18.0. The van der Waals surface area contributed by atoms with Crippen molar-refractivity contribution in [1.82, 2.24) is 10.2 Å². The topological polar surface area (TPSA) is 52.6 Å². The van der Waals surface area contributed by atoms with Gasteiger partial charge in [0.2, 0.25) is 0 Å². The van der Waals surface area contributed by atoms with Gasteiger partial charge in [0.05, 0.1) is 0 Å². The Labute approximate surface area is 180 Å². The number of hydrogen-bond acceptors (Lipinski definition) is 3. The minimum Gasteiger partial charge on any atom is -0.375 e. The molecule has 0 bridgehead atoms. The van der Waals surface area contributed by atoms with E-state index in [-0.39, 0.29) is 17.9 Å². The molecule has 2 aromatic carbocycles. The summed E-state index contributed by atoms with van der Waals surface area (Å²) < 4.78 is 0. The monoisotopic (exact) mass is 406 g/mol. The van der Waals surface area contributed by atoms with Crippen LogP contribution < -0.4 is 5.32 Å². The van der Waals surface area contributed by atoms with Crippen LogP contribution in [0.5, 0.6) is 0 Å². The number of nitrogens with zero attached hydrogens (tertiary/aromatic N) is 1. The summed E-state index contributed by atoms with van der Waals surface area (Å²) in [6.07, 6.45) is 5.83. The molecule has 0 aromatic heterocycles. The van der Waals surface area contributed by atoms with Crippen LogP contribution in [-0.2, 0) is 16.8 Å². The molecule has 0 spiro atoms. The van der Waals surface area contributed by atoms with E-state index in [1.807, 2.05) is 48.3 Å². The van der Waals surface area contributed by atoms with Gasteiger partial charge in [-0.25, -0.2) is 0 Å². The molecule has 0 radical (unpaired) electrons. The Kier molecular flexibility index (Phi) is 6.55. The first-order valence-electron chi connectivity index (χ1n) is 11.4. The van der Waals surface area contributed by atoms with E-state index in [0.29, 0.717) is 5.92 Å². The van der Waals surface area contributed by atoms with Gasteiger partial charge in [0.15, 0.2) is 5.60 Å². The largest absolute Gasteiger partial charge is 0.375 e. The molecule has 2 aliphatic rings. The molecule has 4 rings (SSSR count). The van der Waals surface area contributed by atoms with Crippen molar-refractivity contribution in [2.45, 2.75) is 50.2 Å². The second-order valence-electron chi connectivity index (χ2n) is 9.04. The summed E-state index contributed by atoms with van der Waals surface area (Å²) in [4.78, 5) is 15.9. The van der Waals surface area contributed by atoms with Crippen molar-refractivity contribution >= 4 is 5.91 Å². The summed E-state index contributed by atoms with van der Waals surface area (Å²) in [5.74, 6) is 0.227. The van der Waals surface area contributed by atoms with Gasteiger partial charge in [-0.15, -0.1) is 0 Å². The molecule has 1 amide bonds. The van der Waals surface area contributed by atoms with Gasteiger partial charge in [-0.1, -0.05) is 73.5 Å². The fourth-order valence-corrected chi connectivity index (χ4v) is 5.47. The minimum absolute atomic E-state index is 0.0195. The molecular weight excluding hydrogens is 372 g/mol. The molecule has 1 heterocycles. The van der Waals surface area contributed by atoms with Crippen LogP contribution in [-0.4, -0.2) is 42.1 Å². The number of carbonyl (C=O) groups is 1. The second kappa shape index (κ2) is 9.32. The highest BCUT2D eigenvalue weighted by molar-refractivity contribution is 5.87. The van der Waals surface area contributed by atoms with Gasteiger partial charge in [0.25, 0.3) is 5.91 Å². The quantitative estimate of drug-likeness (QED) is 0.736. The smallest absolute Gasteiger partial charge is 0.259 e. The molecule has 1 saturated heterocycles. The molecular formula is C26H34N2O2. The van der Waals surface area contributed by atoms with Crippen molar-refractivity contribution in [1.29, 1.82) is 0 Å². The lowest BCUT2D eigenvalue weighted by molar-refractivity contribution is -0.161. The van der Waals surface area contributed by atoms with Gasteiger partial charge in [0, 0.05) is 19.0 Å². The van der Waals surface area contributed by atoms with E-state index in [9.17, 15) is 9.90 Å². The fourth-order valence-electron chi connectivity index (χ4n) is 5.47. The van der Waals surface area contributed by atoms with Crippen LogP contribution in [0.1, 0.15) is 43.2 Å². The van der Waals surface area contributed by atoms with Crippen molar-refractivity contribution in [2.75, 3.05) is 20.1 Å². The van der Waals surface area contributed by atoms with Crippen LogP contribution in [0.15, 0.2) is 60.7 Å². The first-order valence-corrected chi connectivity index (χ1v) is 11.4. The van der Waals surface area contributed by atoms with Crippen LogP contribution in [0, 0.1) is 11.8 Å². The zero-order valence-corrected chi connectivity index (χ0v) is 18.0. The molecule has 1 aliphatic carbocycles. The summed E-state index contributed by atoms with van der Waals surface area (Å²) in [5.41, 5.74) is 0.517. The third-order valence-corrected chi connectivity index (χ3v) is 7.23. The SMILES string of the molecule is CN(C(=O)C(O)(c1ccccc1)C1CCCC1)C(Cc1ccccc1)C1CCNC1. The molecule has 1 aliphatic heterocycles. The van der Waals surface area contributed by atoms with Crippen molar-refractivity contribution in [3.63, 3.8) is 0 Å².